The average Bonchev–Trinajstić information content (AvgIpc) is 2.85. The highest BCUT2D eigenvalue weighted by atomic mass is 16.2. The number of hydrazine groups is 1. The molecule has 14 heavy (non-hydrogen) atoms. The quantitative estimate of drug-likeness (QED) is 0.660. The first-order valence-corrected chi connectivity index (χ1v) is 5.22. The summed E-state index contributed by atoms with van der Waals surface area (Å²) in [5.74, 6) is 0.862. The zero-order valence-corrected chi connectivity index (χ0v) is 8.02. The number of amides is 1. The van der Waals surface area contributed by atoms with Gasteiger partial charge < -0.3 is 0 Å². The minimum absolute atomic E-state index is 0.00810. The topological polar surface area (TPSA) is 47.9 Å². The normalized spacial score (nSPS) is 31.1. The number of hydrazone groups is 1. The maximum atomic E-state index is 11.9. The third kappa shape index (κ3) is 1.28. The summed E-state index contributed by atoms with van der Waals surface area (Å²) in [6.07, 6.45) is 5.14. The molecule has 1 unspecified atom stereocenters. The van der Waals surface area contributed by atoms with E-state index in [1.165, 1.54) is 12.8 Å². The summed E-state index contributed by atoms with van der Waals surface area (Å²) in [6.45, 7) is 1.69. The van der Waals surface area contributed by atoms with Crippen LogP contribution >= 0.6 is 0 Å². The molecule has 0 radical (unpaired) electrons. The number of carbonyl (C=O) groups excluding carboxylic acids is 1. The van der Waals surface area contributed by atoms with E-state index in [1.54, 1.807) is 11.3 Å². The van der Waals surface area contributed by atoms with Crippen molar-refractivity contribution in [3.05, 3.63) is 0 Å². The second-order valence-electron chi connectivity index (χ2n) is 4.21. The Bertz CT molecular complexity index is 287. The van der Waals surface area contributed by atoms with E-state index in [0.29, 0.717) is 5.92 Å². The van der Waals surface area contributed by atoms with Gasteiger partial charge in [0.15, 0.2) is 0 Å². The van der Waals surface area contributed by atoms with Crippen LogP contribution in [0.5, 0.6) is 0 Å². The number of fused-ring (bicyclic) bond motifs is 1. The van der Waals surface area contributed by atoms with Crippen molar-refractivity contribution in [1.82, 2.24) is 15.4 Å². The summed E-state index contributed by atoms with van der Waals surface area (Å²) < 4.78 is 0. The molecule has 76 valence electrons. The molecule has 0 aromatic rings. The molecular weight excluding hydrogens is 180 g/mol. The maximum absolute atomic E-state index is 11.9. The lowest BCUT2D eigenvalue weighted by Crippen LogP contribution is -2.50. The van der Waals surface area contributed by atoms with Crippen molar-refractivity contribution in [2.45, 2.75) is 25.3 Å². The molecule has 1 aliphatic carbocycles. The summed E-state index contributed by atoms with van der Waals surface area (Å²) in [4.78, 5) is 11.9. The highest BCUT2D eigenvalue weighted by molar-refractivity contribution is 5.87. The van der Waals surface area contributed by atoms with E-state index in [-0.39, 0.29) is 11.9 Å². The van der Waals surface area contributed by atoms with Crippen LogP contribution in [0.4, 0.5) is 0 Å². The first-order valence-electron chi connectivity index (χ1n) is 5.22. The molecule has 2 aliphatic heterocycles. The van der Waals surface area contributed by atoms with E-state index >= 15 is 0 Å². The number of nitrogens with zero attached hydrogens (tertiary/aromatic N) is 3. The molecule has 1 N–H and O–H groups in total. The van der Waals surface area contributed by atoms with Gasteiger partial charge in [-0.1, -0.05) is 0 Å². The number of hydrogen-bond acceptors (Lipinski definition) is 4. The highest BCUT2D eigenvalue weighted by Gasteiger charge is 2.37. The Hall–Kier alpha value is -1.10. The van der Waals surface area contributed by atoms with Crippen LogP contribution in [0.25, 0.3) is 0 Å². The summed E-state index contributed by atoms with van der Waals surface area (Å²) >= 11 is 0. The van der Waals surface area contributed by atoms with Gasteiger partial charge in [0.2, 0.25) is 0 Å². The van der Waals surface area contributed by atoms with Crippen molar-refractivity contribution >= 4 is 12.2 Å². The number of hydrogen-bond donors (Lipinski definition) is 1. The Morgan fingerprint density at radius 3 is 3.14 bits per heavy atom. The first-order chi connectivity index (χ1) is 6.84. The van der Waals surface area contributed by atoms with Crippen LogP contribution in [-0.2, 0) is 4.79 Å². The fourth-order valence-corrected chi connectivity index (χ4v) is 1.97. The Morgan fingerprint density at radius 2 is 2.36 bits per heavy atom. The standard InChI is InChI=1S/C9H14N4O/c14-9-8-3-4-10-13(8)6-11-12(9)5-7-1-2-7/h6-8,10H,1-5H2. The van der Waals surface area contributed by atoms with Crippen molar-refractivity contribution in [2.75, 3.05) is 13.1 Å². The Labute approximate surface area is 82.7 Å². The third-order valence-electron chi connectivity index (χ3n) is 3.03. The van der Waals surface area contributed by atoms with Crippen LogP contribution in [-0.4, -0.2) is 41.4 Å². The third-order valence-corrected chi connectivity index (χ3v) is 3.03. The largest absolute Gasteiger partial charge is 0.284 e. The Balaban J connectivity index is 1.74. The highest BCUT2D eigenvalue weighted by Crippen LogP contribution is 2.30. The zero-order chi connectivity index (χ0) is 9.54. The fourth-order valence-electron chi connectivity index (χ4n) is 1.97. The molecule has 0 bridgehead atoms. The molecule has 1 atom stereocenters. The molecular formula is C9H14N4O. The molecule has 5 nitrogen and oxygen atoms in total. The van der Waals surface area contributed by atoms with Gasteiger partial charge in [-0.3, -0.25) is 9.80 Å². The van der Waals surface area contributed by atoms with Crippen molar-refractivity contribution in [3.8, 4) is 0 Å². The van der Waals surface area contributed by atoms with E-state index in [0.717, 1.165) is 19.5 Å². The molecule has 0 spiro atoms. The van der Waals surface area contributed by atoms with E-state index in [1.807, 2.05) is 5.01 Å². The van der Waals surface area contributed by atoms with Crippen LogP contribution < -0.4 is 5.43 Å². The van der Waals surface area contributed by atoms with Gasteiger partial charge in [-0.2, -0.15) is 5.10 Å². The van der Waals surface area contributed by atoms with Crippen molar-refractivity contribution < 1.29 is 4.79 Å². The number of nitrogens with one attached hydrogen (secondary N) is 1. The lowest BCUT2D eigenvalue weighted by atomic mass is 10.2. The first kappa shape index (κ1) is 8.23. The van der Waals surface area contributed by atoms with Gasteiger partial charge in [0.05, 0.1) is 0 Å². The van der Waals surface area contributed by atoms with E-state index in [2.05, 4.69) is 10.5 Å². The molecule has 0 aromatic carbocycles. The molecule has 1 saturated heterocycles. The van der Waals surface area contributed by atoms with Crippen molar-refractivity contribution in [2.24, 2.45) is 11.0 Å². The minimum atomic E-state index is -0.00810. The predicted octanol–water partition coefficient (Wildman–Crippen LogP) is -0.239. The van der Waals surface area contributed by atoms with E-state index < -0.39 is 0 Å². The molecule has 1 amide bonds. The monoisotopic (exact) mass is 194 g/mol. The zero-order valence-electron chi connectivity index (χ0n) is 8.02. The van der Waals surface area contributed by atoms with Gasteiger partial charge in [0, 0.05) is 13.1 Å². The van der Waals surface area contributed by atoms with Gasteiger partial charge in [-0.05, 0) is 25.2 Å². The SMILES string of the molecule is O=C1C2CCNN2C=NN1CC1CC1. The smallest absolute Gasteiger partial charge is 0.267 e. The molecule has 3 rings (SSSR count). The number of carbonyl (C=O) groups is 1. The van der Waals surface area contributed by atoms with Crippen LogP contribution in [0.1, 0.15) is 19.3 Å². The van der Waals surface area contributed by atoms with Gasteiger partial charge in [0.25, 0.3) is 5.91 Å². The lowest BCUT2D eigenvalue weighted by molar-refractivity contribution is -0.136. The van der Waals surface area contributed by atoms with Gasteiger partial charge in [0.1, 0.15) is 12.4 Å². The maximum Gasteiger partial charge on any atom is 0.267 e. The summed E-state index contributed by atoms with van der Waals surface area (Å²) in [5, 5.41) is 7.63. The van der Waals surface area contributed by atoms with Crippen LogP contribution in [0.15, 0.2) is 5.10 Å². The molecule has 3 aliphatic rings. The summed E-state index contributed by atoms with van der Waals surface area (Å²) in [5.41, 5.74) is 3.11. The minimum Gasteiger partial charge on any atom is -0.284 e. The van der Waals surface area contributed by atoms with Gasteiger partial charge in [-0.25, -0.2) is 10.4 Å². The molecule has 2 fully saturated rings. The molecule has 2 heterocycles. The summed E-state index contributed by atoms with van der Waals surface area (Å²) in [6, 6.07) is -0.00810. The second kappa shape index (κ2) is 2.95. The Kier molecular flexibility index (Phi) is 1.73. The molecule has 1 saturated carbocycles. The number of rotatable bonds is 2. The van der Waals surface area contributed by atoms with Crippen LogP contribution in [0, 0.1) is 5.92 Å². The molecule has 5 heteroatoms. The fraction of sp³-hybridized carbons (Fsp3) is 0.778. The van der Waals surface area contributed by atoms with E-state index in [9.17, 15) is 4.79 Å². The van der Waals surface area contributed by atoms with Gasteiger partial charge >= 0.3 is 0 Å². The van der Waals surface area contributed by atoms with Gasteiger partial charge in [-0.15, -0.1) is 0 Å². The van der Waals surface area contributed by atoms with Crippen molar-refractivity contribution in [1.29, 1.82) is 0 Å². The van der Waals surface area contributed by atoms with E-state index in [4.69, 9.17) is 0 Å². The molecule has 0 aromatic heterocycles. The second-order valence-corrected chi connectivity index (χ2v) is 4.21. The lowest BCUT2D eigenvalue weighted by Gasteiger charge is -2.30. The van der Waals surface area contributed by atoms with Crippen LogP contribution in [0.2, 0.25) is 0 Å². The van der Waals surface area contributed by atoms with Crippen molar-refractivity contribution in [3.63, 3.8) is 0 Å². The van der Waals surface area contributed by atoms with Crippen LogP contribution in [0.3, 0.4) is 0 Å². The Morgan fingerprint density at radius 1 is 1.50 bits per heavy atom. The summed E-state index contributed by atoms with van der Waals surface area (Å²) in [7, 11) is 0. The average molecular weight is 194 g/mol. The predicted molar refractivity (Wildman–Crippen MR) is 51.2 cm³/mol.